The Morgan fingerprint density at radius 2 is 2.09 bits per heavy atom. The van der Waals surface area contributed by atoms with Crippen LogP contribution >= 0.6 is 11.3 Å². The molecule has 3 rings (SSSR count). The molecule has 0 aliphatic carbocycles. The molecule has 1 fully saturated rings. The van der Waals surface area contributed by atoms with Gasteiger partial charge in [-0.05, 0) is 30.2 Å². The Balaban J connectivity index is 1.70. The zero-order valence-electron chi connectivity index (χ0n) is 13.3. The maximum Gasteiger partial charge on any atom is 0.274 e. The number of amides is 2. The molecule has 0 saturated carbocycles. The fourth-order valence-corrected chi connectivity index (χ4v) is 3.27. The number of carbonyl (C=O) groups excluding carboxylic acids is 2. The highest BCUT2D eigenvalue weighted by atomic mass is 32.1. The number of piperidine rings is 1. The van der Waals surface area contributed by atoms with Gasteiger partial charge in [0, 0.05) is 26.2 Å². The van der Waals surface area contributed by atoms with Crippen LogP contribution in [0.25, 0.3) is 0 Å². The molecule has 1 aliphatic heterocycles. The average molecular weight is 332 g/mol. The van der Waals surface area contributed by atoms with Gasteiger partial charge in [0.2, 0.25) is 0 Å². The van der Waals surface area contributed by atoms with E-state index in [9.17, 15) is 9.59 Å². The molecule has 3 heterocycles. The van der Waals surface area contributed by atoms with Gasteiger partial charge >= 0.3 is 0 Å². The van der Waals surface area contributed by atoms with E-state index in [2.05, 4.69) is 17.3 Å². The van der Waals surface area contributed by atoms with Gasteiger partial charge in [-0.2, -0.15) is 5.10 Å². The number of likely N-dealkylation sites (tertiary alicyclic amines) is 1. The molecule has 0 aromatic carbocycles. The summed E-state index contributed by atoms with van der Waals surface area (Å²) in [5.74, 6) is 0.943. The molecule has 0 bridgehead atoms. The van der Waals surface area contributed by atoms with Gasteiger partial charge < -0.3 is 10.2 Å². The third-order valence-corrected chi connectivity index (χ3v) is 5.02. The minimum absolute atomic E-state index is 0.0656. The highest BCUT2D eigenvalue weighted by molar-refractivity contribution is 7.12. The van der Waals surface area contributed by atoms with Crippen LogP contribution in [0.5, 0.6) is 0 Å². The van der Waals surface area contributed by atoms with Gasteiger partial charge in [-0.3, -0.25) is 14.3 Å². The Hall–Kier alpha value is -2.15. The summed E-state index contributed by atoms with van der Waals surface area (Å²) in [6.07, 6.45) is 2.06. The van der Waals surface area contributed by atoms with Crippen molar-refractivity contribution in [1.29, 1.82) is 0 Å². The molecule has 0 atom stereocenters. The minimum Gasteiger partial charge on any atom is -0.337 e. The summed E-state index contributed by atoms with van der Waals surface area (Å²) in [6.45, 7) is 3.75. The Bertz CT molecular complexity index is 700. The first-order valence-corrected chi connectivity index (χ1v) is 8.60. The van der Waals surface area contributed by atoms with Crippen LogP contribution in [0.3, 0.4) is 0 Å². The minimum atomic E-state index is -0.186. The summed E-state index contributed by atoms with van der Waals surface area (Å²) < 4.78 is 1.53. The van der Waals surface area contributed by atoms with Crippen molar-refractivity contribution < 1.29 is 9.59 Å². The lowest BCUT2D eigenvalue weighted by Crippen LogP contribution is -2.38. The first-order valence-electron chi connectivity index (χ1n) is 7.73. The topological polar surface area (TPSA) is 67.2 Å². The van der Waals surface area contributed by atoms with Gasteiger partial charge in [-0.25, -0.2) is 0 Å². The Labute approximate surface area is 139 Å². The van der Waals surface area contributed by atoms with Crippen molar-refractivity contribution in [1.82, 2.24) is 14.7 Å². The van der Waals surface area contributed by atoms with Crippen LogP contribution in [0, 0.1) is 5.92 Å². The van der Waals surface area contributed by atoms with Crippen molar-refractivity contribution in [2.24, 2.45) is 13.0 Å². The molecular formula is C16H20N4O2S. The summed E-state index contributed by atoms with van der Waals surface area (Å²) in [5.41, 5.74) is 0.378. The van der Waals surface area contributed by atoms with Crippen molar-refractivity contribution in [3.8, 4) is 0 Å². The lowest BCUT2D eigenvalue weighted by atomic mass is 9.99. The van der Waals surface area contributed by atoms with Gasteiger partial charge in [0.1, 0.15) is 5.82 Å². The molecule has 1 N–H and O–H groups in total. The summed E-state index contributed by atoms with van der Waals surface area (Å²) in [7, 11) is 1.72. The summed E-state index contributed by atoms with van der Waals surface area (Å²) >= 11 is 1.38. The van der Waals surface area contributed by atoms with Crippen LogP contribution < -0.4 is 5.32 Å². The van der Waals surface area contributed by atoms with Crippen molar-refractivity contribution in [3.05, 3.63) is 34.2 Å². The van der Waals surface area contributed by atoms with Crippen molar-refractivity contribution in [2.45, 2.75) is 19.8 Å². The van der Waals surface area contributed by atoms with Gasteiger partial charge in [0.15, 0.2) is 5.69 Å². The monoisotopic (exact) mass is 332 g/mol. The van der Waals surface area contributed by atoms with Crippen LogP contribution in [0.1, 0.15) is 39.9 Å². The third-order valence-electron chi connectivity index (χ3n) is 4.16. The number of aromatic nitrogens is 2. The summed E-state index contributed by atoms with van der Waals surface area (Å²) in [4.78, 5) is 27.1. The molecule has 2 aromatic heterocycles. The number of anilines is 1. The molecule has 2 amide bonds. The first-order chi connectivity index (χ1) is 11.0. The average Bonchev–Trinajstić information content (AvgIpc) is 3.18. The molecule has 6 nitrogen and oxygen atoms in total. The smallest absolute Gasteiger partial charge is 0.274 e. The largest absolute Gasteiger partial charge is 0.337 e. The standard InChI is InChI=1S/C16H20N4O2S/c1-11-5-7-20(8-6-11)16(22)12-10-14(19(2)18-12)17-15(21)13-4-3-9-23-13/h3-4,9-11H,5-8H2,1-2H3,(H,17,21). The second kappa shape index (κ2) is 6.54. The highest BCUT2D eigenvalue weighted by Gasteiger charge is 2.24. The fourth-order valence-electron chi connectivity index (χ4n) is 2.65. The number of carbonyl (C=O) groups is 2. The lowest BCUT2D eigenvalue weighted by Gasteiger charge is -2.29. The maximum absolute atomic E-state index is 12.5. The molecule has 2 aromatic rings. The van der Waals surface area contributed by atoms with E-state index in [1.807, 2.05) is 16.3 Å². The number of nitrogens with zero attached hydrogens (tertiary/aromatic N) is 3. The SMILES string of the molecule is CC1CCN(C(=O)c2cc(NC(=O)c3cccs3)n(C)n2)CC1. The van der Waals surface area contributed by atoms with E-state index in [1.165, 1.54) is 16.0 Å². The normalized spacial score (nSPS) is 15.7. The molecular weight excluding hydrogens is 312 g/mol. The van der Waals surface area contributed by atoms with Crippen molar-refractivity contribution >= 4 is 29.0 Å². The van der Waals surface area contributed by atoms with E-state index >= 15 is 0 Å². The number of nitrogens with one attached hydrogen (secondary N) is 1. The molecule has 122 valence electrons. The molecule has 1 aliphatic rings. The van der Waals surface area contributed by atoms with E-state index in [4.69, 9.17) is 0 Å². The van der Waals surface area contributed by atoms with E-state index in [0.717, 1.165) is 25.9 Å². The van der Waals surface area contributed by atoms with Crippen molar-refractivity contribution in [2.75, 3.05) is 18.4 Å². The number of hydrogen-bond acceptors (Lipinski definition) is 4. The van der Waals surface area contributed by atoms with Crippen LogP contribution in [0.2, 0.25) is 0 Å². The quantitative estimate of drug-likeness (QED) is 0.939. The van der Waals surface area contributed by atoms with E-state index in [1.54, 1.807) is 19.2 Å². The zero-order valence-corrected chi connectivity index (χ0v) is 14.1. The number of aryl methyl sites for hydroxylation is 1. The lowest BCUT2D eigenvalue weighted by molar-refractivity contribution is 0.0690. The maximum atomic E-state index is 12.5. The van der Waals surface area contributed by atoms with Crippen LogP contribution in [0.4, 0.5) is 5.82 Å². The predicted octanol–water partition coefficient (Wildman–Crippen LogP) is 2.61. The fraction of sp³-hybridized carbons (Fsp3) is 0.438. The van der Waals surface area contributed by atoms with Crippen molar-refractivity contribution in [3.63, 3.8) is 0 Å². The van der Waals surface area contributed by atoms with E-state index < -0.39 is 0 Å². The van der Waals surface area contributed by atoms with E-state index in [0.29, 0.717) is 22.3 Å². The van der Waals surface area contributed by atoms with Crippen LogP contribution in [-0.2, 0) is 7.05 Å². The molecule has 0 radical (unpaired) electrons. The van der Waals surface area contributed by atoms with Gasteiger partial charge in [-0.15, -0.1) is 11.3 Å². The Morgan fingerprint density at radius 3 is 2.74 bits per heavy atom. The molecule has 0 spiro atoms. The number of hydrogen-bond donors (Lipinski definition) is 1. The third kappa shape index (κ3) is 3.44. The van der Waals surface area contributed by atoms with Gasteiger partial charge in [0.25, 0.3) is 11.8 Å². The second-order valence-corrected chi connectivity index (χ2v) is 6.89. The van der Waals surface area contributed by atoms with Gasteiger partial charge in [-0.1, -0.05) is 13.0 Å². The molecule has 1 saturated heterocycles. The Morgan fingerprint density at radius 1 is 1.35 bits per heavy atom. The molecule has 0 unspecified atom stereocenters. The van der Waals surface area contributed by atoms with Crippen LogP contribution in [-0.4, -0.2) is 39.6 Å². The number of thiophene rings is 1. The summed E-state index contributed by atoms with van der Waals surface area (Å²) in [6, 6.07) is 5.23. The summed E-state index contributed by atoms with van der Waals surface area (Å²) in [5, 5.41) is 8.90. The molecule has 23 heavy (non-hydrogen) atoms. The highest BCUT2D eigenvalue weighted by Crippen LogP contribution is 2.19. The second-order valence-electron chi connectivity index (χ2n) is 5.94. The van der Waals surface area contributed by atoms with Gasteiger partial charge in [0.05, 0.1) is 4.88 Å². The first kappa shape index (κ1) is 15.7. The number of rotatable bonds is 3. The van der Waals surface area contributed by atoms with E-state index in [-0.39, 0.29) is 11.8 Å². The predicted molar refractivity (Wildman–Crippen MR) is 89.8 cm³/mol. The van der Waals surface area contributed by atoms with Crippen LogP contribution in [0.15, 0.2) is 23.6 Å². The zero-order chi connectivity index (χ0) is 16.4. The molecule has 7 heteroatoms. The Kier molecular flexibility index (Phi) is 4.47.